The summed E-state index contributed by atoms with van der Waals surface area (Å²) in [6.07, 6.45) is 0.350. The maximum absolute atomic E-state index is 12.5. The molecule has 2 aromatic carbocycles. The van der Waals surface area contributed by atoms with E-state index >= 15 is 0 Å². The Morgan fingerprint density at radius 3 is 2.76 bits per heavy atom. The average molecular weight is 354 g/mol. The predicted octanol–water partition coefficient (Wildman–Crippen LogP) is 4.22. The van der Waals surface area contributed by atoms with Crippen LogP contribution in [0, 0.1) is 6.92 Å². The van der Waals surface area contributed by atoms with E-state index in [1.54, 1.807) is 4.90 Å². The third-order valence-electron chi connectivity index (χ3n) is 4.48. The number of aromatic nitrogens is 2. The highest BCUT2D eigenvalue weighted by molar-refractivity contribution is 6.31. The van der Waals surface area contributed by atoms with Gasteiger partial charge in [-0.1, -0.05) is 53.2 Å². The molecule has 1 fully saturated rings. The van der Waals surface area contributed by atoms with Gasteiger partial charge in [-0.25, -0.2) is 0 Å². The van der Waals surface area contributed by atoms with Crippen molar-refractivity contribution in [1.29, 1.82) is 0 Å². The second-order valence-corrected chi connectivity index (χ2v) is 6.52. The molecule has 126 valence electrons. The summed E-state index contributed by atoms with van der Waals surface area (Å²) in [6, 6.07) is 15.2. The Balaban J connectivity index is 1.59. The van der Waals surface area contributed by atoms with Crippen LogP contribution in [0.3, 0.4) is 0 Å². The van der Waals surface area contributed by atoms with E-state index < -0.39 is 0 Å². The van der Waals surface area contributed by atoms with E-state index in [4.69, 9.17) is 16.1 Å². The number of rotatable bonds is 3. The Morgan fingerprint density at radius 1 is 1.16 bits per heavy atom. The molecule has 1 aromatic heterocycles. The van der Waals surface area contributed by atoms with Crippen LogP contribution in [-0.4, -0.2) is 22.6 Å². The van der Waals surface area contributed by atoms with Crippen molar-refractivity contribution in [2.24, 2.45) is 0 Å². The van der Waals surface area contributed by atoms with Gasteiger partial charge in [0.2, 0.25) is 17.6 Å². The van der Waals surface area contributed by atoms with Crippen LogP contribution in [0.5, 0.6) is 0 Å². The minimum atomic E-state index is -0.115. The lowest BCUT2D eigenvalue weighted by atomic mass is 10.1. The van der Waals surface area contributed by atoms with Gasteiger partial charge in [-0.15, -0.1) is 0 Å². The number of nitrogens with zero attached hydrogens (tertiary/aromatic N) is 3. The van der Waals surface area contributed by atoms with Crippen molar-refractivity contribution in [2.75, 3.05) is 11.4 Å². The highest BCUT2D eigenvalue weighted by Gasteiger charge is 2.35. The van der Waals surface area contributed by atoms with Gasteiger partial charge in [0.05, 0.1) is 5.92 Å². The van der Waals surface area contributed by atoms with Crippen molar-refractivity contribution < 1.29 is 9.32 Å². The summed E-state index contributed by atoms with van der Waals surface area (Å²) in [7, 11) is 0. The number of hydrogen-bond donors (Lipinski definition) is 0. The number of amides is 1. The van der Waals surface area contributed by atoms with E-state index in [0.29, 0.717) is 29.7 Å². The fourth-order valence-corrected chi connectivity index (χ4v) is 3.27. The summed E-state index contributed by atoms with van der Waals surface area (Å²) in [4.78, 5) is 18.7. The molecular weight excluding hydrogens is 338 g/mol. The summed E-state index contributed by atoms with van der Waals surface area (Å²) < 4.78 is 5.42. The SMILES string of the molecule is Cc1c(Cl)cccc1N1CC(c2nc(-c3ccccc3)no2)CC1=O. The molecule has 0 radical (unpaired) electrons. The van der Waals surface area contributed by atoms with Gasteiger partial charge >= 0.3 is 0 Å². The molecule has 1 atom stereocenters. The molecule has 5 nitrogen and oxygen atoms in total. The zero-order valence-electron chi connectivity index (χ0n) is 13.6. The number of benzene rings is 2. The third-order valence-corrected chi connectivity index (χ3v) is 4.89. The molecule has 1 unspecified atom stereocenters. The lowest BCUT2D eigenvalue weighted by Gasteiger charge is -2.19. The Hall–Kier alpha value is -2.66. The fraction of sp³-hybridized carbons (Fsp3) is 0.211. The molecule has 1 saturated heterocycles. The predicted molar refractivity (Wildman–Crippen MR) is 95.6 cm³/mol. The fourth-order valence-electron chi connectivity index (χ4n) is 3.10. The maximum atomic E-state index is 12.5. The van der Waals surface area contributed by atoms with Gasteiger partial charge in [-0.2, -0.15) is 4.98 Å². The molecule has 0 bridgehead atoms. The highest BCUT2D eigenvalue weighted by atomic mass is 35.5. The average Bonchev–Trinajstić information content (AvgIpc) is 3.25. The van der Waals surface area contributed by atoms with Crippen LogP contribution in [0.1, 0.15) is 23.8 Å². The Bertz CT molecular complexity index is 923. The van der Waals surface area contributed by atoms with Crippen molar-refractivity contribution in [2.45, 2.75) is 19.3 Å². The molecule has 1 aliphatic rings. The largest absolute Gasteiger partial charge is 0.339 e. The van der Waals surface area contributed by atoms with E-state index in [2.05, 4.69) is 10.1 Å². The Kier molecular flexibility index (Phi) is 4.01. The minimum Gasteiger partial charge on any atom is -0.339 e. The smallest absolute Gasteiger partial charge is 0.232 e. The maximum Gasteiger partial charge on any atom is 0.232 e. The number of hydrogen-bond acceptors (Lipinski definition) is 4. The number of anilines is 1. The third kappa shape index (κ3) is 2.91. The summed E-state index contributed by atoms with van der Waals surface area (Å²) in [5.74, 6) is 0.959. The molecule has 6 heteroatoms. The second kappa shape index (κ2) is 6.33. The van der Waals surface area contributed by atoms with Gasteiger partial charge in [0.1, 0.15) is 0 Å². The van der Waals surface area contributed by atoms with Crippen molar-refractivity contribution in [3.05, 3.63) is 65.0 Å². The van der Waals surface area contributed by atoms with Crippen LogP contribution < -0.4 is 4.90 Å². The lowest BCUT2D eigenvalue weighted by Crippen LogP contribution is -2.25. The van der Waals surface area contributed by atoms with Crippen LogP contribution in [0.15, 0.2) is 53.1 Å². The highest BCUT2D eigenvalue weighted by Crippen LogP contribution is 2.35. The molecule has 0 saturated carbocycles. The summed E-state index contributed by atoms with van der Waals surface area (Å²) in [6.45, 7) is 2.43. The second-order valence-electron chi connectivity index (χ2n) is 6.11. The minimum absolute atomic E-state index is 0.0369. The van der Waals surface area contributed by atoms with Crippen molar-refractivity contribution >= 4 is 23.2 Å². The summed E-state index contributed by atoms with van der Waals surface area (Å²) in [5.41, 5.74) is 2.63. The number of carbonyl (C=O) groups excluding carboxylic acids is 1. The first-order valence-corrected chi connectivity index (χ1v) is 8.46. The van der Waals surface area contributed by atoms with Gasteiger partial charge < -0.3 is 9.42 Å². The first kappa shape index (κ1) is 15.8. The van der Waals surface area contributed by atoms with Crippen LogP contribution in [0.25, 0.3) is 11.4 Å². The van der Waals surface area contributed by atoms with Gasteiger partial charge in [0.15, 0.2) is 0 Å². The summed E-state index contributed by atoms with van der Waals surface area (Å²) in [5, 5.41) is 4.70. The number of carbonyl (C=O) groups is 1. The molecule has 1 amide bonds. The standard InChI is InChI=1S/C19H16ClN3O2/c1-12-15(20)8-5-9-16(12)23-11-14(10-17(23)24)19-21-18(22-25-19)13-6-3-2-4-7-13/h2-9,14H,10-11H2,1H3. The topological polar surface area (TPSA) is 59.2 Å². The van der Waals surface area contributed by atoms with Crippen LogP contribution in [-0.2, 0) is 4.79 Å². The molecule has 25 heavy (non-hydrogen) atoms. The zero-order chi connectivity index (χ0) is 17.4. The molecule has 3 aromatic rings. The van der Waals surface area contributed by atoms with Gasteiger partial charge in [-0.3, -0.25) is 4.79 Å². The van der Waals surface area contributed by atoms with E-state index in [9.17, 15) is 4.79 Å². The van der Waals surface area contributed by atoms with Crippen LogP contribution in [0.2, 0.25) is 5.02 Å². The van der Waals surface area contributed by atoms with Crippen molar-refractivity contribution in [1.82, 2.24) is 10.1 Å². The Morgan fingerprint density at radius 2 is 1.96 bits per heavy atom. The molecule has 4 rings (SSSR count). The molecule has 0 spiro atoms. The van der Waals surface area contributed by atoms with E-state index in [0.717, 1.165) is 16.8 Å². The Labute approximate surface area is 150 Å². The van der Waals surface area contributed by atoms with Gasteiger partial charge in [0.25, 0.3) is 0 Å². The molecule has 1 aliphatic heterocycles. The van der Waals surface area contributed by atoms with E-state index in [1.165, 1.54) is 0 Å². The molecule has 0 N–H and O–H groups in total. The zero-order valence-corrected chi connectivity index (χ0v) is 14.4. The van der Waals surface area contributed by atoms with E-state index in [1.807, 2.05) is 55.5 Å². The number of halogens is 1. The first-order valence-electron chi connectivity index (χ1n) is 8.08. The normalized spacial score (nSPS) is 17.3. The van der Waals surface area contributed by atoms with Gasteiger partial charge in [-0.05, 0) is 24.6 Å². The summed E-state index contributed by atoms with van der Waals surface area (Å²) >= 11 is 6.19. The molecule has 2 heterocycles. The lowest BCUT2D eigenvalue weighted by molar-refractivity contribution is -0.117. The van der Waals surface area contributed by atoms with E-state index in [-0.39, 0.29) is 11.8 Å². The first-order chi connectivity index (χ1) is 12.1. The van der Waals surface area contributed by atoms with Crippen molar-refractivity contribution in [3.63, 3.8) is 0 Å². The van der Waals surface area contributed by atoms with Crippen LogP contribution >= 0.6 is 11.6 Å². The quantitative estimate of drug-likeness (QED) is 0.707. The van der Waals surface area contributed by atoms with Crippen LogP contribution in [0.4, 0.5) is 5.69 Å². The monoisotopic (exact) mass is 353 g/mol. The van der Waals surface area contributed by atoms with Crippen molar-refractivity contribution in [3.8, 4) is 11.4 Å². The molecule has 0 aliphatic carbocycles. The molecular formula is C19H16ClN3O2. The van der Waals surface area contributed by atoms with Gasteiger partial charge in [0, 0.05) is 29.2 Å².